The molecule has 94 valence electrons. The van der Waals surface area contributed by atoms with Crippen molar-refractivity contribution in [3.63, 3.8) is 0 Å². The Labute approximate surface area is 102 Å². The van der Waals surface area contributed by atoms with Crippen molar-refractivity contribution in [2.75, 3.05) is 6.61 Å². The highest BCUT2D eigenvalue weighted by Gasteiger charge is 2.36. The normalized spacial score (nSPS) is 29.0. The van der Waals surface area contributed by atoms with Gasteiger partial charge in [-0.15, -0.1) is 0 Å². The third-order valence-electron chi connectivity index (χ3n) is 3.49. The van der Waals surface area contributed by atoms with Crippen molar-refractivity contribution in [3.05, 3.63) is 29.8 Å². The van der Waals surface area contributed by atoms with Crippen LogP contribution in [0, 0.1) is 0 Å². The fraction of sp³-hybridized carbons (Fsp3) is 0.571. The molecule has 1 aromatic rings. The number of rotatable bonds is 3. The molecular weight excluding hydrogens is 217 g/mol. The maximum absolute atomic E-state index is 14.8. The zero-order valence-corrected chi connectivity index (χ0v) is 10.3. The highest BCUT2D eigenvalue weighted by atomic mass is 19.1. The molecule has 0 aromatic heterocycles. The standard InChI is InChI=1S/C14H20FNO/c1-2-17-13-5-3-4-11(10-13)14(15)8-6-12(16)7-9-14/h3-5,10,12H,2,6-9,16H2,1H3. The Balaban J connectivity index is 2.17. The van der Waals surface area contributed by atoms with E-state index in [1.54, 1.807) is 0 Å². The molecule has 1 aliphatic carbocycles. The number of hydrogen-bond donors (Lipinski definition) is 1. The lowest BCUT2D eigenvalue weighted by Gasteiger charge is -2.33. The van der Waals surface area contributed by atoms with Crippen LogP contribution in [-0.4, -0.2) is 12.6 Å². The third kappa shape index (κ3) is 2.78. The monoisotopic (exact) mass is 237 g/mol. The topological polar surface area (TPSA) is 35.2 Å². The van der Waals surface area contributed by atoms with Crippen LogP contribution in [0.3, 0.4) is 0 Å². The maximum Gasteiger partial charge on any atom is 0.136 e. The molecule has 2 N–H and O–H groups in total. The molecule has 0 spiro atoms. The summed E-state index contributed by atoms with van der Waals surface area (Å²) < 4.78 is 20.2. The Hall–Kier alpha value is -1.09. The van der Waals surface area contributed by atoms with E-state index in [2.05, 4.69) is 0 Å². The predicted octanol–water partition coefficient (Wildman–Crippen LogP) is 3.15. The van der Waals surface area contributed by atoms with E-state index >= 15 is 0 Å². The highest BCUT2D eigenvalue weighted by Crippen LogP contribution is 2.41. The highest BCUT2D eigenvalue weighted by molar-refractivity contribution is 5.32. The second-order valence-corrected chi connectivity index (χ2v) is 4.76. The zero-order chi connectivity index (χ0) is 12.3. The van der Waals surface area contributed by atoms with Crippen LogP contribution in [0.25, 0.3) is 0 Å². The average Bonchev–Trinajstić information content (AvgIpc) is 2.34. The van der Waals surface area contributed by atoms with Gasteiger partial charge in [-0.25, -0.2) is 4.39 Å². The largest absolute Gasteiger partial charge is 0.494 e. The first-order valence-corrected chi connectivity index (χ1v) is 6.32. The van der Waals surface area contributed by atoms with E-state index < -0.39 is 5.67 Å². The van der Waals surface area contributed by atoms with Crippen molar-refractivity contribution in [3.8, 4) is 5.75 Å². The minimum absolute atomic E-state index is 0.161. The van der Waals surface area contributed by atoms with Gasteiger partial charge in [0.25, 0.3) is 0 Å². The minimum Gasteiger partial charge on any atom is -0.494 e. The molecule has 0 radical (unpaired) electrons. The second-order valence-electron chi connectivity index (χ2n) is 4.76. The van der Waals surface area contributed by atoms with E-state index in [0.717, 1.165) is 24.2 Å². The van der Waals surface area contributed by atoms with Gasteiger partial charge in [0.15, 0.2) is 0 Å². The molecular formula is C14H20FNO. The molecule has 1 aliphatic rings. The second kappa shape index (κ2) is 5.05. The Kier molecular flexibility index (Phi) is 3.67. The Morgan fingerprint density at radius 2 is 2.12 bits per heavy atom. The summed E-state index contributed by atoms with van der Waals surface area (Å²) in [5.41, 5.74) is 5.33. The molecule has 0 bridgehead atoms. The number of benzene rings is 1. The molecule has 2 nitrogen and oxygen atoms in total. The van der Waals surface area contributed by atoms with Gasteiger partial charge < -0.3 is 10.5 Å². The van der Waals surface area contributed by atoms with E-state index in [-0.39, 0.29) is 6.04 Å². The quantitative estimate of drug-likeness (QED) is 0.876. The van der Waals surface area contributed by atoms with E-state index in [0.29, 0.717) is 19.4 Å². The van der Waals surface area contributed by atoms with Gasteiger partial charge in [-0.3, -0.25) is 0 Å². The van der Waals surface area contributed by atoms with Gasteiger partial charge >= 0.3 is 0 Å². The minimum atomic E-state index is -1.22. The molecule has 1 aromatic carbocycles. The van der Waals surface area contributed by atoms with Crippen LogP contribution in [0.1, 0.15) is 38.2 Å². The number of ether oxygens (including phenoxy) is 1. The maximum atomic E-state index is 14.8. The molecule has 0 amide bonds. The van der Waals surface area contributed by atoms with Crippen molar-refractivity contribution < 1.29 is 9.13 Å². The Bertz CT molecular complexity index is 372. The van der Waals surface area contributed by atoms with Crippen LogP contribution < -0.4 is 10.5 Å². The first-order valence-electron chi connectivity index (χ1n) is 6.32. The van der Waals surface area contributed by atoms with Crippen molar-refractivity contribution >= 4 is 0 Å². The first kappa shape index (κ1) is 12.4. The Morgan fingerprint density at radius 1 is 1.41 bits per heavy atom. The summed E-state index contributed by atoms with van der Waals surface area (Å²) in [5, 5.41) is 0. The molecule has 1 fully saturated rings. The molecule has 0 heterocycles. The fourth-order valence-electron chi connectivity index (χ4n) is 2.42. The SMILES string of the molecule is CCOc1cccc(C2(F)CCC(N)CC2)c1. The molecule has 1 saturated carbocycles. The van der Waals surface area contributed by atoms with Gasteiger partial charge in [-0.05, 0) is 50.3 Å². The van der Waals surface area contributed by atoms with Crippen LogP contribution in [0.5, 0.6) is 5.75 Å². The van der Waals surface area contributed by atoms with Crippen molar-refractivity contribution in [2.45, 2.75) is 44.3 Å². The van der Waals surface area contributed by atoms with E-state index in [1.807, 2.05) is 31.2 Å². The molecule has 3 heteroatoms. The third-order valence-corrected chi connectivity index (χ3v) is 3.49. The summed E-state index contributed by atoms with van der Waals surface area (Å²) >= 11 is 0. The van der Waals surface area contributed by atoms with Gasteiger partial charge in [0.05, 0.1) is 6.61 Å². The fourth-order valence-corrected chi connectivity index (χ4v) is 2.42. The van der Waals surface area contributed by atoms with Crippen molar-refractivity contribution in [1.82, 2.24) is 0 Å². The summed E-state index contributed by atoms with van der Waals surface area (Å²) in [6.45, 7) is 2.53. The number of alkyl halides is 1. The Morgan fingerprint density at radius 3 is 2.76 bits per heavy atom. The smallest absolute Gasteiger partial charge is 0.136 e. The van der Waals surface area contributed by atoms with Crippen molar-refractivity contribution in [1.29, 1.82) is 0 Å². The molecule has 0 unspecified atom stereocenters. The summed E-state index contributed by atoms with van der Waals surface area (Å²) in [7, 11) is 0. The summed E-state index contributed by atoms with van der Waals surface area (Å²) in [5.74, 6) is 0.747. The lowest BCUT2D eigenvalue weighted by atomic mass is 9.79. The van der Waals surface area contributed by atoms with Crippen molar-refractivity contribution in [2.24, 2.45) is 5.73 Å². The van der Waals surface area contributed by atoms with E-state index in [4.69, 9.17) is 10.5 Å². The number of hydrogen-bond acceptors (Lipinski definition) is 2. The lowest BCUT2D eigenvalue weighted by molar-refractivity contribution is 0.0975. The predicted molar refractivity (Wildman–Crippen MR) is 66.8 cm³/mol. The summed E-state index contributed by atoms with van der Waals surface area (Å²) in [6.07, 6.45) is 2.55. The molecule has 0 saturated heterocycles. The van der Waals surface area contributed by atoms with Gasteiger partial charge in [0, 0.05) is 6.04 Å². The van der Waals surface area contributed by atoms with E-state index in [1.165, 1.54) is 0 Å². The lowest BCUT2D eigenvalue weighted by Crippen LogP contribution is -2.33. The molecule has 17 heavy (non-hydrogen) atoms. The van der Waals surface area contributed by atoms with Crippen LogP contribution >= 0.6 is 0 Å². The van der Waals surface area contributed by atoms with Gasteiger partial charge in [0.2, 0.25) is 0 Å². The molecule has 0 aliphatic heterocycles. The van der Waals surface area contributed by atoms with Crippen LogP contribution in [-0.2, 0) is 5.67 Å². The summed E-state index contributed by atoms with van der Waals surface area (Å²) in [4.78, 5) is 0. The zero-order valence-electron chi connectivity index (χ0n) is 10.3. The van der Waals surface area contributed by atoms with Crippen LogP contribution in [0.4, 0.5) is 4.39 Å². The first-order chi connectivity index (χ1) is 8.14. The summed E-state index contributed by atoms with van der Waals surface area (Å²) in [6, 6.07) is 7.55. The number of halogens is 1. The van der Waals surface area contributed by atoms with Gasteiger partial charge in [0.1, 0.15) is 11.4 Å². The molecule has 2 rings (SSSR count). The van der Waals surface area contributed by atoms with E-state index in [9.17, 15) is 4.39 Å². The number of nitrogens with two attached hydrogens (primary N) is 1. The average molecular weight is 237 g/mol. The molecule has 0 atom stereocenters. The van der Waals surface area contributed by atoms with Gasteiger partial charge in [-0.2, -0.15) is 0 Å². The van der Waals surface area contributed by atoms with Crippen LogP contribution in [0.2, 0.25) is 0 Å². The van der Waals surface area contributed by atoms with Crippen LogP contribution in [0.15, 0.2) is 24.3 Å². The van der Waals surface area contributed by atoms with Gasteiger partial charge in [-0.1, -0.05) is 12.1 Å².